The Labute approximate surface area is 171 Å². The van der Waals surface area contributed by atoms with E-state index < -0.39 is 20.6 Å². The van der Waals surface area contributed by atoms with Gasteiger partial charge in [0.25, 0.3) is 15.7 Å². The molecular formula is C18H14ClN5O4S. The van der Waals surface area contributed by atoms with E-state index in [4.69, 9.17) is 11.6 Å². The van der Waals surface area contributed by atoms with E-state index in [0.717, 1.165) is 6.07 Å². The summed E-state index contributed by atoms with van der Waals surface area (Å²) in [6, 6.07) is 14.7. The summed E-state index contributed by atoms with van der Waals surface area (Å²) in [6.07, 6.45) is 2.97. The molecule has 0 aliphatic carbocycles. The zero-order valence-corrected chi connectivity index (χ0v) is 16.3. The van der Waals surface area contributed by atoms with E-state index in [-0.39, 0.29) is 16.3 Å². The van der Waals surface area contributed by atoms with E-state index in [9.17, 15) is 18.5 Å². The molecule has 2 aromatic carbocycles. The Kier molecular flexibility index (Phi) is 6.05. The molecular weight excluding hydrogens is 418 g/mol. The van der Waals surface area contributed by atoms with Gasteiger partial charge in [0.05, 0.1) is 21.7 Å². The number of hydrogen-bond donors (Lipinski definition) is 2. The van der Waals surface area contributed by atoms with Crippen LogP contribution in [0.3, 0.4) is 0 Å². The fraction of sp³-hybridized carbons (Fsp3) is 0. The molecule has 11 heteroatoms. The molecule has 0 bridgehead atoms. The molecule has 0 spiro atoms. The number of aromatic nitrogens is 1. The average Bonchev–Trinajstić information content (AvgIpc) is 2.70. The third kappa shape index (κ3) is 5.27. The predicted molar refractivity (Wildman–Crippen MR) is 111 cm³/mol. The standard InChI is InChI=1S/C18H14ClN5O4S/c19-13-4-6-14(7-5-13)23-29(27,28)16-8-9-17(18(11-16)24(25)26)22-21-12-15-3-1-2-10-20-15/h1-12,22-23H. The molecule has 29 heavy (non-hydrogen) atoms. The number of sulfonamides is 1. The lowest BCUT2D eigenvalue weighted by atomic mass is 10.3. The van der Waals surface area contributed by atoms with Gasteiger partial charge in [-0.2, -0.15) is 5.10 Å². The molecule has 1 aromatic heterocycles. The predicted octanol–water partition coefficient (Wildman–Crippen LogP) is 3.89. The van der Waals surface area contributed by atoms with Crippen molar-refractivity contribution in [2.24, 2.45) is 5.10 Å². The average molecular weight is 432 g/mol. The number of nitro groups is 1. The van der Waals surface area contributed by atoms with Gasteiger partial charge in [0.15, 0.2) is 0 Å². The number of nitro benzene ring substituents is 1. The van der Waals surface area contributed by atoms with Crippen LogP contribution in [0.2, 0.25) is 5.02 Å². The number of halogens is 1. The number of pyridine rings is 1. The summed E-state index contributed by atoms with van der Waals surface area (Å²) in [4.78, 5) is 14.5. The Morgan fingerprint density at radius 2 is 1.86 bits per heavy atom. The Bertz CT molecular complexity index is 1150. The first-order chi connectivity index (χ1) is 13.8. The van der Waals surface area contributed by atoms with Crippen LogP contribution in [0.15, 0.2) is 76.9 Å². The van der Waals surface area contributed by atoms with Gasteiger partial charge in [-0.3, -0.25) is 25.2 Å². The van der Waals surface area contributed by atoms with Gasteiger partial charge < -0.3 is 0 Å². The lowest BCUT2D eigenvalue weighted by molar-refractivity contribution is -0.384. The van der Waals surface area contributed by atoms with E-state index in [1.807, 2.05) is 0 Å². The number of nitrogens with zero attached hydrogens (tertiary/aromatic N) is 3. The number of anilines is 2. The Morgan fingerprint density at radius 3 is 2.52 bits per heavy atom. The van der Waals surface area contributed by atoms with Crippen molar-refractivity contribution in [3.63, 3.8) is 0 Å². The SMILES string of the molecule is O=[N+]([O-])c1cc(S(=O)(=O)Nc2ccc(Cl)cc2)ccc1NN=Cc1ccccn1. The molecule has 0 radical (unpaired) electrons. The number of hydrogen-bond acceptors (Lipinski definition) is 7. The Hall–Kier alpha value is -3.50. The minimum Gasteiger partial charge on any atom is -0.280 e. The summed E-state index contributed by atoms with van der Waals surface area (Å²) in [7, 11) is -4.04. The highest BCUT2D eigenvalue weighted by Gasteiger charge is 2.21. The third-order valence-corrected chi connectivity index (χ3v) is 5.27. The van der Waals surface area contributed by atoms with Crippen LogP contribution in [0.1, 0.15) is 5.69 Å². The number of rotatable bonds is 7. The van der Waals surface area contributed by atoms with Crippen LogP contribution < -0.4 is 10.1 Å². The molecule has 0 atom stereocenters. The van der Waals surface area contributed by atoms with E-state index >= 15 is 0 Å². The first-order valence-electron chi connectivity index (χ1n) is 8.12. The monoisotopic (exact) mass is 431 g/mol. The quantitative estimate of drug-likeness (QED) is 0.332. The van der Waals surface area contributed by atoms with E-state index in [1.54, 1.807) is 24.4 Å². The fourth-order valence-electron chi connectivity index (χ4n) is 2.28. The molecule has 9 nitrogen and oxygen atoms in total. The summed E-state index contributed by atoms with van der Waals surface area (Å²) >= 11 is 5.78. The smallest absolute Gasteiger partial charge is 0.280 e. The van der Waals surface area contributed by atoms with Gasteiger partial charge in [0.1, 0.15) is 5.69 Å². The molecule has 0 aliphatic heterocycles. The molecule has 0 unspecified atom stereocenters. The molecule has 0 saturated heterocycles. The molecule has 3 rings (SSSR count). The zero-order valence-electron chi connectivity index (χ0n) is 14.7. The summed E-state index contributed by atoms with van der Waals surface area (Å²) in [5.74, 6) is 0. The van der Waals surface area contributed by atoms with Crippen molar-refractivity contribution in [1.29, 1.82) is 0 Å². The van der Waals surface area contributed by atoms with Crippen LogP contribution >= 0.6 is 11.6 Å². The Balaban J connectivity index is 1.84. The van der Waals surface area contributed by atoms with Gasteiger partial charge in [-0.15, -0.1) is 0 Å². The molecule has 0 fully saturated rings. The van der Waals surface area contributed by atoms with Gasteiger partial charge in [-0.1, -0.05) is 17.7 Å². The lowest BCUT2D eigenvalue weighted by Crippen LogP contribution is -2.13. The second kappa shape index (κ2) is 8.67. The van der Waals surface area contributed by atoms with Crippen LogP contribution in [0.25, 0.3) is 0 Å². The van der Waals surface area contributed by atoms with Gasteiger partial charge >= 0.3 is 0 Å². The number of nitrogens with one attached hydrogen (secondary N) is 2. The highest BCUT2D eigenvalue weighted by atomic mass is 35.5. The van der Waals surface area contributed by atoms with Crippen LogP contribution in [0.4, 0.5) is 17.1 Å². The first-order valence-corrected chi connectivity index (χ1v) is 9.98. The van der Waals surface area contributed by atoms with Gasteiger partial charge in [-0.05, 0) is 48.5 Å². The normalized spacial score (nSPS) is 11.3. The van der Waals surface area contributed by atoms with Crippen LogP contribution in [0.5, 0.6) is 0 Å². The van der Waals surface area contributed by atoms with Crippen molar-refractivity contribution in [3.05, 3.63) is 87.7 Å². The third-order valence-electron chi connectivity index (χ3n) is 3.64. The Morgan fingerprint density at radius 1 is 1.10 bits per heavy atom. The summed E-state index contributed by atoms with van der Waals surface area (Å²) in [6.45, 7) is 0. The molecule has 2 N–H and O–H groups in total. The first kappa shape index (κ1) is 20.2. The maximum atomic E-state index is 12.5. The minimum atomic E-state index is -4.04. The number of benzene rings is 2. The van der Waals surface area contributed by atoms with Gasteiger partial charge in [0.2, 0.25) is 0 Å². The van der Waals surface area contributed by atoms with Crippen molar-refractivity contribution < 1.29 is 13.3 Å². The van der Waals surface area contributed by atoms with E-state index in [2.05, 4.69) is 20.2 Å². The summed E-state index contributed by atoms with van der Waals surface area (Å²) in [5.41, 5.74) is 2.96. The summed E-state index contributed by atoms with van der Waals surface area (Å²) in [5, 5.41) is 15.8. The molecule has 0 saturated carbocycles. The zero-order chi connectivity index (χ0) is 20.9. The second-order valence-electron chi connectivity index (χ2n) is 5.67. The fourth-order valence-corrected chi connectivity index (χ4v) is 3.48. The maximum absolute atomic E-state index is 12.5. The van der Waals surface area contributed by atoms with Crippen LogP contribution in [-0.2, 0) is 10.0 Å². The van der Waals surface area contributed by atoms with Crippen molar-refractivity contribution in [3.8, 4) is 0 Å². The minimum absolute atomic E-state index is 0.0348. The topological polar surface area (TPSA) is 127 Å². The molecule has 0 aliphatic rings. The second-order valence-corrected chi connectivity index (χ2v) is 7.79. The number of hydrazone groups is 1. The molecule has 1 heterocycles. The van der Waals surface area contributed by atoms with E-state index in [0.29, 0.717) is 10.7 Å². The molecule has 3 aromatic rings. The van der Waals surface area contributed by atoms with Crippen molar-refractivity contribution >= 4 is 44.9 Å². The van der Waals surface area contributed by atoms with Crippen LogP contribution in [-0.4, -0.2) is 24.5 Å². The van der Waals surface area contributed by atoms with Gasteiger partial charge in [0, 0.05) is 23.0 Å². The van der Waals surface area contributed by atoms with Crippen LogP contribution in [0, 0.1) is 10.1 Å². The molecule has 0 amide bonds. The largest absolute Gasteiger partial charge is 0.295 e. The van der Waals surface area contributed by atoms with Crippen molar-refractivity contribution in [2.45, 2.75) is 4.90 Å². The van der Waals surface area contributed by atoms with Crippen molar-refractivity contribution in [2.75, 3.05) is 10.1 Å². The summed E-state index contributed by atoms with van der Waals surface area (Å²) < 4.78 is 27.4. The maximum Gasteiger partial charge on any atom is 0.295 e. The lowest BCUT2D eigenvalue weighted by Gasteiger charge is -2.09. The van der Waals surface area contributed by atoms with E-state index in [1.165, 1.54) is 42.6 Å². The highest BCUT2D eigenvalue weighted by Crippen LogP contribution is 2.28. The molecule has 148 valence electrons. The van der Waals surface area contributed by atoms with Gasteiger partial charge in [-0.25, -0.2) is 8.42 Å². The highest BCUT2D eigenvalue weighted by molar-refractivity contribution is 7.92. The van der Waals surface area contributed by atoms with Crippen molar-refractivity contribution in [1.82, 2.24) is 4.98 Å².